The Morgan fingerprint density at radius 2 is 2.44 bits per heavy atom. The number of ether oxygens (including phenoxy) is 1. The molecule has 2 unspecified atom stereocenters. The van der Waals surface area contributed by atoms with Crippen molar-refractivity contribution in [2.24, 2.45) is 0 Å². The van der Waals surface area contributed by atoms with Crippen LogP contribution in [0.25, 0.3) is 0 Å². The quantitative estimate of drug-likeness (QED) is 0.702. The van der Waals surface area contributed by atoms with Crippen molar-refractivity contribution in [3.63, 3.8) is 0 Å². The second-order valence-corrected chi connectivity index (χ2v) is 4.29. The van der Waals surface area contributed by atoms with E-state index in [1.54, 1.807) is 0 Å². The highest BCUT2D eigenvalue weighted by molar-refractivity contribution is 4.89. The van der Waals surface area contributed by atoms with Gasteiger partial charge in [-0.1, -0.05) is 6.92 Å². The maximum atomic E-state index is 8.84. The first-order valence-corrected chi connectivity index (χ1v) is 6.21. The molecule has 0 aromatic rings. The van der Waals surface area contributed by atoms with E-state index in [0.717, 1.165) is 32.7 Å². The van der Waals surface area contributed by atoms with E-state index in [9.17, 15) is 0 Å². The molecule has 4 heteroatoms. The van der Waals surface area contributed by atoms with Gasteiger partial charge in [0.1, 0.15) is 0 Å². The second kappa shape index (κ2) is 7.61. The summed E-state index contributed by atoms with van der Waals surface area (Å²) < 4.78 is 5.62. The van der Waals surface area contributed by atoms with Gasteiger partial charge in [0.2, 0.25) is 0 Å². The Labute approximate surface area is 98.6 Å². The molecule has 1 aliphatic rings. The fourth-order valence-electron chi connectivity index (χ4n) is 2.04. The molecule has 1 saturated heterocycles. The summed E-state index contributed by atoms with van der Waals surface area (Å²) in [5.41, 5.74) is 0. The molecule has 4 nitrogen and oxygen atoms in total. The van der Waals surface area contributed by atoms with E-state index in [0.29, 0.717) is 6.10 Å². The molecule has 1 N–H and O–H groups in total. The predicted octanol–water partition coefficient (Wildman–Crippen LogP) is 0.989. The zero-order chi connectivity index (χ0) is 11.8. The molecule has 0 spiro atoms. The van der Waals surface area contributed by atoms with Crippen LogP contribution in [0, 0.1) is 11.3 Å². The zero-order valence-electron chi connectivity index (χ0n) is 10.4. The summed E-state index contributed by atoms with van der Waals surface area (Å²) >= 11 is 0. The summed E-state index contributed by atoms with van der Waals surface area (Å²) in [6, 6.07) is 2.23. The minimum Gasteiger partial charge on any atom is -0.377 e. The molecule has 1 fully saturated rings. The molecule has 1 aliphatic heterocycles. The third kappa shape index (κ3) is 4.48. The lowest BCUT2D eigenvalue weighted by Crippen LogP contribution is -2.36. The Morgan fingerprint density at radius 3 is 2.94 bits per heavy atom. The molecule has 0 aliphatic carbocycles. The number of nitriles is 1. The molecular formula is C12H23N3O. The van der Waals surface area contributed by atoms with E-state index in [1.807, 2.05) is 7.05 Å². The predicted molar refractivity (Wildman–Crippen MR) is 64.2 cm³/mol. The maximum absolute atomic E-state index is 8.84. The molecule has 16 heavy (non-hydrogen) atoms. The normalized spacial score (nSPS) is 22.2. The monoisotopic (exact) mass is 225 g/mol. The third-order valence-corrected chi connectivity index (χ3v) is 3.17. The Bertz CT molecular complexity index is 221. The van der Waals surface area contributed by atoms with Crippen molar-refractivity contribution in [3.8, 4) is 6.07 Å². The number of likely N-dealkylation sites (N-methyl/N-ethyl adjacent to an activating group) is 1. The van der Waals surface area contributed by atoms with Crippen LogP contribution in [-0.4, -0.2) is 50.3 Å². The summed E-state index contributed by atoms with van der Waals surface area (Å²) in [7, 11) is 1.84. The Balaban J connectivity index is 2.23. The Hall–Kier alpha value is -0.630. The topological polar surface area (TPSA) is 48.3 Å². The van der Waals surface area contributed by atoms with Gasteiger partial charge in [-0.3, -0.25) is 0 Å². The lowest BCUT2D eigenvalue weighted by molar-refractivity contribution is 0.0740. The minimum absolute atomic E-state index is 0.0291. The summed E-state index contributed by atoms with van der Waals surface area (Å²) in [6.07, 6.45) is 3.67. The van der Waals surface area contributed by atoms with E-state index in [2.05, 4.69) is 23.2 Å². The van der Waals surface area contributed by atoms with Crippen molar-refractivity contribution in [1.82, 2.24) is 10.2 Å². The van der Waals surface area contributed by atoms with Gasteiger partial charge in [0.15, 0.2) is 0 Å². The number of nitrogens with one attached hydrogen (secondary N) is 1. The van der Waals surface area contributed by atoms with E-state index in [1.165, 1.54) is 12.8 Å². The van der Waals surface area contributed by atoms with Gasteiger partial charge in [-0.05, 0) is 32.9 Å². The maximum Gasteiger partial charge on any atom is 0.0962 e. The van der Waals surface area contributed by atoms with Crippen LogP contribution in [0.1, 0.15) is 26.2 Å². The largest absolute Gasteiger partial charge is 0.377 e. The third-order valence-electron chi connectivity index (χ3n) is 3.17. The highest BCUT2D eigenvalue weighted by Crippen LogP contribution is 2.13. The van der Waals surface area contributed by atoms with E-state index >= 15 is 0 Å². The first-order valence-electron chi connectivity index (χ1n) is 6.21. The van der Waals surface area contributed by atoms with Gasteiger partial charge in [-0.15, -0.1) is 0 Å². The smallest absolute Gasteiger partial charge is 0.0962 e. The van der Waals surface area contributed by atoms with Crippen LogP contribution in [0.15, 0.2) is 0 Å². The minimum atomic E-state index is -0.0291. The molecule has 0 radical (unpaired) electrons. The molecule has 1 heterocycles. The summed E-state index contributed by atoms with van der Waals surface area (Å²) in [5, 5.41) is 11.8. The van der Waals surface area contributed by atoms with Crippen LogP contribution < -0.4 is 5.32 Å². The first-order chi connectivity index (χ1) is 7.80. The number of nitrogens with zero attached hydrogens (tertiary/aromatic N) is 2. The lowest BCUT2D eigenvalue weighted by Gasteiger charge is -2.24. The van der Waals surface area contributed by atoms with Gasteiger partial charge in [-0.2, -0.15) is 5.26 Å². The van der Waals surface area contributed by atoms with Crippen molar-refractivity contribution in [2.75, 3.05) is 33.3 Å². The lowest BCUT2D eigenvalue weighted by atomic mass is 10.2. The molecule has 2 atom stereocenters. The van der Waals surface area contributed by atoms with Gasteiger partial charge >= 0.3 is 0 Å². The van der Waals surface area contributed by atoms with Gasteiger partial charge in [0, 0.05) is 19.7 Å². The SMILES string of the molecule is CCN(CCC(C#N)NC)CC1CCCO1. The Kier molecular flexibility index (Phi) is 6.39. The van der Waals surface area contributed by atoms with E-state index in [-0.39, 0.29) is 6.04 Å². The first kappa shape index (κ1) is 13.4. The number of hydrogen-bond acceptors (Lipinski definition) is 4. The summed E-state index contributed by atoms with van der Waals surface area (Å²) in [6.45, 7) is 6.09. The molecule has 0 saturated carbocycles. The molecule has 92 valence electrons. The zero-order valence-corrected chi connectivity index (χ0v) is 10.4. The molecule has 0 aromatic carbocycles. The van der Waals surface area contributed by atoms with Crippen molar-refractivity contribution in [1.29, 1.82) is 5.26 Å². The number of hydrogen-bond donors (Lipinski definition) is 1. The standard InChI is InChI=1S/C12H23N3O/c1-3-15(7-6-11(9-13)14-2)10-12-5-4-8-16-12/h11-12,14H,3-8,10H2,1-2H3. The van der Waals surface area contributed by atoms with Crippen molar-refractivity contribution in [3.05, 3.63) is 0 Å². The van der Waals surface area contributed by atoms with E-state index < -0.39 is 0 Å². The highest BCUT2D eigenvalue weighted by Gasteiger charge is 2.18. The summed E-state index contributed by atoms with van der Waals surface area (Å²) in [4.78, 5) is 2.37. The van der Waals surface area contributed by atoms with Crippen molar-refractivity contribution in [2.45, 2.75) is 38.3 Å². The van der Waals surface area contributed by atoms with Crippen LogP contribution in [0.4, 0.5) is 0 Å². The van der Waals surface area contributed by atoms with E-state index in [4.69, 9.17) is 10.00 Å². The summed E-state index contributed by atoms with van der Waals surface area (Å²) in [5.74, 6) is 0. The second-order valence-electron chi connectivity index (χ2n) is 4.29. The average Bonchev–Trinajstić information content (AvgIpc) is 2.81. The van der Waals surface area contributed by atoms with Gasteiger partial charge in [0.05, 0.1) is 18.2 Å². The highest BCUT2D eigenvalue weighted by atomic mass is 16.5. The van der Waals surface area contributed by atoms with Crippen molar-refractivity contribution < 1.29 is 4.74 Å². The molecule has 0 amide bonds. The van der Waals surface area contributed by atoms with Crippen LogP contribution in [0.3, 0.4) is 0 Å². The fourth-order valence-corrected chi connectivity index (χ4v) is 2.04. The van der Waals surface area contributed by atoms with Crippen LogP contribution in [0.2, 0.25) is 0 Å². The van der Waals surface area contributed by atoms with Gasteiger partial charge in [-0.25, -0.2) is 0 Å². The molecular weight excluding hydrogens is 202 g/mol. The fraction of sp³-hybridized carbons (Fsp3) is 0.917. The molecule has 1 rings (SSSR count). The number of rotatable bonds is 7. The van der Waals surface area contributed by atoms with Gasteiger partial charge in [0.25, 0.3) is 0 Å². The van der Waals surface area contributed by atoms with Crippen LogP contribution in [0.5, 0.6) is 0 Å². The Morgan fingerprint density at radius 1 is 1.62 bits per heavy atom. The van der Waals surface area contributed by atoms with Crippen molar-refractivity contribution >= 4 is 0 Å². The average molecular weight is 225 g/mol. The van der Waals surface area contributed by atoms with Crippen LogP contribution in [-0.2, 0) is 4.74 Å². The van der Waals surface area contributed by atoms with Gasteiger partial charge < -0.3 is 15.0 Å². The molecule has 0 aromatic heterocycles. The van der Waals surface area contributed by atoms with Crippen LogP contribution >= 0.6 is 0 Å². The molecule has 0 bridgehead atoms.